The maximum atomic E-state index is 14.7. The Kier molecular flexibility index (Phi) is 7.20. The molecule has 6 rings (SSSR count). The number of para-hydroxylation sites is 2. The molecule has 0 fully saturated rings. The first-order chi connectivity index (χ1) is 20.1. The zero-order valence-electron chi connectivity index (χ0n) is 21.4. The van der Waals surface area contributed by atoms with Crippen LogP contribution in [0.25, 0.3) is 33.1 Å². The molecule has 0 radical (unpaired) electrons. The molecule has 0 atom stereocenters. The summed E-state index contributed by atoms with van der Waals surface area (Å²) in [5.74, 6) is -0.272. The van der Waals surface area contributed by atoms with Crippen LogP contribution in [0.1, 0.15) is 4.44 Å². The number of halogens is 1. The van der Waals surface area contributed by atoms with Crippen molar-refractivity contribution in [2.24, 2.45) is 0 Å². The molecule has 0 unspecified atom stereocenters. The molecule has 41 heavy (non-hydrogen) atoms. The van der Waals surface area contributed by atoms with Gasteiger partial charge in [-0.1, -0.05) is 0 Å². The Morgan fingerprint density at radius 1 is 0.927 bits per heavy atom. The van der Waals surface area contributed by atoms with Crippen LogP contribution in [0.4, 0.5) is 20.3 Å². The number of thiazole rings is 1. The summed E-state index contributed by atoms with van der Waals surface area (Å²) < 4.78 is 18.9. The van der Waals surface area contributed by atoms with Crippen LogP contribution in [0.3, 0.4) is 0 Å². The van der Waals surface area contributed by atoms with E-state index in [0.717, 1.165) is 37.1 Å². The van der Waals surface area contributed by atoms with Crippen molar-refractivity contribution in [2.45, 2.75) is 0 Å². The quantitative estimate of drug-likeness (QED) is 0.174. The van der Waals surface area contributed by atoms with Gasteiger partial charge in [-0.05, 0) is 0 Å². The van der Waals surface area contributed by atoms with Gasteiger partial charge in [-0.15, -0.1) is 0 Å². The molecule has 0 spiro atoms. The molecule has 196 valence electrons. The van der Waals surface area contributed by atoms with Gasteiger partial charge in [0.25, 0.3) is 0 Å². The fourth-order valence-electron chi connectivity index (χ4n) is 4.65. The molecule has 8 heteroatoms. The van der Waals surface area contributed by atoms with E-state index in [1.165, 1.54) is 10.6 Å². The molecule has 0 N–H and O–H groups in total. The van der Waals surface area contributed by atoms with Gasteiger partial charge in [0.1, 0.15) is 0 Å². The molecule has 0 aliphatic rings. The molecular formula is C33H19FN4OSSe. The first-order valence-corrected chi connectivity index (χ1v) is 15.0. The van der Waals surface area contributed by atoms with Gasteiger partial charge < -0.3 is 0 Å². The van der Waals surface area contributed by atoms with Crippen LogP contribution in [-0.2, 0) is 0 Å². The number of nitrogens with zero attached hydrogens (tertiary/aromatic N) is 4. The van der Waals surface area contributed by atoms with Gasteiger partial charge in [-0.3, -0.25) is 0 Å². The second-order valence-corrected chi connectivity index (χ2v) is 12.2. The molecule has 0 bridgehead atoms. The van der Waals surface area contributed by atoms with Gasteiger partial charge in [-0.2, -0.15) is 0 Å². The number of anilines is 3. The summed E-state index contributed by atoms with van der Waals surface area (Å²) in [4.78, 5) is 19.1. The van der Waals surface area contributed by atoms with Gasteiger partial charge >= 0.3 is 246 Å². The van der Waals surface area contributed by atoms with Crippen molar-refractivity contribution in [3.63, 3.8) is 0 Å². The number of fused-ring (bicyclic) bond motifs is 1. The number of benzene rings is 4. The van der Waals surface area contributed by atoms with E-state index >= 15 is 0 Å². The Morgan fingerprint density at radius 2 is 1.61 bits per heavy atom. The Hall–Kier alpha value is -4.98. The normalized spacial score (nSPS) is 12.1. The van der Waals surface area contributed by atoms with Crippen molar-refractivity contribution in [1.29, 1.82) is 5.26 Å². The standard InChI is InChI=1S/C33H19FN4OSSe/c1-36-28(21-35)33-38(23-12-6-3-7-13-23)32(39)30(40-33)20-24-16-19-31(41-24)37(22-10-4-2-5-11-22)29-18-17-27(34)25-14-8-9-15-26(25)29/h2-20H/b30-20-,33-28-. The van der Waals surface area contributed by atoms with E-state index in [1.54, 1.807) is 24.3 Å². The fourth-order valence-corrected chi connectivity index (χ4v) is 7.92. The monoisotopic (exact) mass is 618 g/mol. The molecule has 0 amide bonds. The first-order valence-electron chi connectivity index (χ1n) is 12.5. The SMILES string of the molecule is [C-]#[N+]/C(C#N)=c1\s/c(=C\c2ccc(N(c3ccccc3)c3ccc(F)c4ccccc34)[se]2)c(=O)n1-c1ccccc1. The molecule has 0 saturated carbocycles. The average Bonchev–Trinajstić information content (AvgIpc) is 3.60. The second kappa shape index (κ2) is 11.3. The predicted molar refractivity (Wildman–Crippen MR) is 164 cm³/mol. The third-order valence-electron chi connectivity index (χ3n) is 6.47. The Labute approximate surface area is 244 Å². The van der Waals surface area contributed by atoms with Crippen LogP contribution >= 0.6 is 11.3 Å². The van der Waals surface area contributed by atoms with Gasteiger partial charge in [0.05, 0.1) is 0 Å². The number of hydrogen-bond donors (Lipinski definition) is 0. The van der Waals surface area contributed by atoms with Crippen LogP contribution in [0.2, 0.25) is 0 Å². The number of rotatable bonds is 5. The van der Waals surface area contributed by atoms with Gasteiger partial charge in [0.2, 0.25) is 0 Å². The van der Waals surface area contributed by atoms with Gasteiger partial charge in [-0.25, -0.2) is 0 Å². The number of hydrogen-bond acceptors (Lipinski definition) is 4. The molecule has 4 aromatic carbocycles. The molecule has 0 saturated heterocycles. The predicted octanol–water partition coefficient (Wildman–Crippen LogP) is 6.10. The van der Waals surface area contributed by atoms with E-state index in [4.69, 9.17) is 6.57 Å². The summed E-state index contributed by atoms with van der Waals surface area (Å²) in [6, 6.07) is 35.7. The Morgan fingerprint density at radius 3 is 2.32 bits per heavy atom. The fraction of sp³-hybridized carbons (Fsp3) is 0. The van der Waals surface area contributed by atoms with Crippen molar-refractivity contribution in [2.75, 3.05) is 4.90 Å². The third-order valence-corrected chi connectivity index (χ3v) is 9.68. The maximum absolute atomic E-state index is 14.7. The van der Waals surface area contributed by atoms with Crippen molar-refractivity contribution in [3.05, 3.63) is 150 Å². The van der Waals surface area contributed by atoms with Crippen LogP contribution in [-0.4, -0.2) is 19.1 Å². The second-order valence-electron chi connectivity index (χ2n) is 8.92. The summed E-state index contributed by atoms with van der Waals surface area (Å²) in [6.07, 6.45) is 1.85. The number of nitriles is 1. The molecule has 2 aromatic heterocycles. The Balaban J connectivity index is 1.53. The summed E-state index contributed by atoms with van der Waals surface area (Å²) in [5, 5.41) is 10.9. The minimum absolute atomic E-state index is 0.126. The summed E-state index contributed by atoms with van der Waals surface area (Å²) in [7, 11) is 0. The van der Waals surface area contributed by atoms with E-state index < -0.39 is 0 Å². The van der Waals surface area contributed by atoms with Gasteiger partial charge in [0.15, 0.2) is 0 Å². The molecule has 5 nitrogen and oxygen atoms in total. The average molecular weight is 618 g/mol. The summed E-state index contributed by atoms with van der Waals surface area (Å²) in [6.45, 7) is 7.47. The van der Waals surface area contributed by atoms with E-state index in [1.807, 2.05) is 91.0 Å². The Bertz CT molecular complexity index is 2150. The molecule has 2 heterocycles. The minimum atomic E-state index is -0.276. The van der Waals surface area contributed by atoms with Crippen LogP contribution in [0.15, 0.2) is 114 Å². The zero-order chi connectivity index (χ0) is 28.3. The van der Waals surface area contributed by atoms with E-state index in [0.29, 0.717) is 20.3 Å². The number of aromatic nitrogens is 1. The molecule has 6 aromatic rings. The van der Waals surface area contributed by atoms with E-state index in [-0.39, 0.29) is 31.6 Å². The van der Waals surface area contributed by atoms with E-state index in [9.17, 15) is 14.4 Å². The van der Waals surface area contributed by atoms with Gasteiger partial charge in [0, 0.05) is 0 Å². The van der Waals surface area contributed by atoms with Crippen LogP contribution in [0, 0.1) is 23.7 Å². The summed E-state index contributed by atoms with van der Waals surface area (Å²) >= 11 is 0.950. The molecule has 0 aliphatic carbocycles. The summed E-state index contributed by atoms with van der Waals surface area (Å²) in [5.41, 5.74) is 2.01. The third kappa shape index (κ3) is 4.93. The van der Waals surface area contributed by atoms with Crippen molar-refractivity contribution in [1.82, 2.24) is 4.57 Å². The zero-order valence-corrected chi connectivity index (χ0v) is 23.9. The van der Waals surface area contributed by atoms with Crippen molar-refractivity contribution >= 4 is 64.3 Å². The molecule has 0 aliphatic heterocycles. The van der Waals surface area contributed by atoms with Crippen molar-refractivity contribution in [3.8, 4) is 11.8 Å². The molecular weight excluding hydrogens is 598 g/mol. The topological polar surface area (TPSA) is 53.4 Å². The van der Waals surface area contributed by atoms with E-state index in [2.05, 4.69) is 9.74 Å². The van der Waals surface area contributed by atoms with Crippen molar-refractivity contribution < 1.29 is 4.39 Å². The van der Waals surface area contributed by atoms with Crippen LogP contribution in [0.5, 0.6) is 0 Å². The van der Waals surface area contributed by atoms with Crippen LogP contribution < -0.4 is 19.7 Å². The first kappa shape index (κ1) is 26.3.